The van der Waals surface area contributed by atoms with Crippen LogP contribution in [0.2, 0.25) is 0 Å². The first-order valence-corrected chi connectivity index (χ1v) is 4.67. The van der Waals surface area contributed by atoms with Gasteiger partial charge in [0.25, 0.3) is 0 Å². The normalized spacial score (nSPS) is 11.4. The Morgan fingerprint density at radius 1 is 1.40 bits per heavy atom. The van der Waals surface area contributed by atoms with E-state index in [1.165, 1.54) is 0 Å². The number of nitrogens with two attached hydrogens (primary N) is 1. The van der Waals surface area contributed by atoms with Crippen LogP contribution in [0.1, 0.15) is 35.8 Å². The van der Waals surface area contributed by atoms with E-state index in [0.717, 1.165) is 5.56 Å². The maximum absolute atomic E-state index is 11.3. The summed E-state index contributed by atoms with van der Waals surface area (Å²) in [5.41, 5.74) is 7.26. The Morgan fingerprint density at radius 2 is 1.93 bits per heavy atom. The van der Waals surface area contributed by atoms with Crippen LogP contribution in [-0.4, -0.2) is 12.6 Å². The molecule has 0 aliphatic rings. The molecule has 4 heteroatoms. The van der Waals surface area contributed by atoms with E-state index < -0.39 is 0 Å². The minimum Gasteiger partial charge on any atom is -0.462 e. The van der Waals surface area contributed by atoms with Gasteiger partial charge in [0.15, 0.2) is 0 Å². The van der Waals surface area contributed by atoms with Crippen molar-refractivity contribution in [1.29, 1.82) is 0 Å². The molecule has 0 saturated carbocycles. The molecule has 0 heterocycles. The second kappa shape index (κ2) is 6.43. The zero-order valence-electron chi connectivity index (χ0n) is 8.90. The molecular weight excluding hydrogens is 214 g/mol. The minimum atomic E-state index is -0.288. The number of carbonyl (C=O) groups is 1. The summed E-state index contributed by atoms with van der Waals surface area (Å²) < 4.78 is 4.86. The molecule has 84 valence electrons. The zero-order valence-corrected chi connectivity index (χ0v) is 9.71. The van der Waals surface area contributed by atoms with Gasteiger partial charge in [-0.05, 0) is 31.5 Å². The fourth-order valence-electron chi connectivity index (χ4n) is 1.14. The number of ether oxygens (including phenoxy) is 1. The van der Waals surface area contributed by atoms with Crippen LogP contribution in [0.3, 0.4) is 0 Å². The predicted molar refractivity (Wildman–Crippen MR) is 62.2 cm³/mol. The van der Waals surface area contributed by atoms with Gasteiger partial charge in [-0.15, -0.1) is 12.4 Å². The van der Waals surface area contributed by atoms with E-state index in [4.69, 9.17) is 10.5 Å². The summed E-state index contributed by atoms with van der Waals surface area (Å²) in [5, 5.41) is 0. The van der Waals surface area contributed by atoms with Gasteiger partial charge in [-0.25, -0.2) is 4.79 Å². The van der Waals surface area contributed by atoms with Gasteiger partial charge in [0.1, 0.15) is 0 Å². The lowest BCUT2D eigenvalue weighted by Gasteiger charge is -2.06. The average molecular weight is 230 g/mol. The highest BCUT2D eigenvalue weighted by atomic mass is 35.5. The molecule has 1 rings (SSSR count). The van der Waals surface area contributed by atoms with E-state index in [9.17, 15) is 4.79 Å². The second-order valence-electron chi connectivity index (χ2n) is 3.13. The standard InChI is InChI=1S/C11H15NO2.ClH/c1-3-14-11(13)10-6-4-9(5-7-10)8(2)12;/h4-8H,3,12H2,1-2H3;1H/t8-;/m1./s1. The van der Waals surface area contributed by atoms with Crippen LogP contribution in [0.25, 0.3) is 0 Å². The fourth-order valence-corrected chi connectivity index (χ4v) is 1.14. The Kier molecular flexibility index (Phi) is 5.97. The summed E-state index contributed by atoms with van der Waals surface area (Å²) in [5.74, 6) is -0.288. The van der Waals surface area contributed by atoms with Crippen molar-refractivity contribution in [2.24, 2.45) is 5.73 Å². The molecule has 0 spiro atoms. The Morgan fingerprint density at radius 3 is 2.33 bits per heavy atom. The Bertz CT molecular complexity index is 309. The summed E-state index contributed by atoms with van der Waals surface area (Å²) >= 11 is 0. The molecule has 0 aliphatic heterocycles. The average Bonchev–Trinajstić information content (AvgIpc) is 2.18. The number of rotatable bonds is 3. The van der Waals surface area contributed by atoms with E-state index in [0.29, 0.717) is 12.2 Å². The lowest BCUT2D eigenvalue weighted by molar-refractivity contribution is 0.0526. The van der Waals surface area contributed by atoms with Gasteiger partial charge in [-0.3, -0.25) is 0 Å². The van der Waals surface area contributed by atoms with Crippen molar-refractivity contribution < 1.29 is 9.53 Å². The van der Waals surface area contributed by atoms with Crippen LogP contribution >= 0.6 is 12.4 Å². The summed E-state index contributed by atoms with van der Waals surface area (Å²) in [6.45, 7) is 4.08. The van der Waals surface area contributed by atoms with Gasteiger partial charge in [-0.2, -0.15) is 0 Å². The molecule has 0 fully saturated rings. The first-order valence-electron chi connectivity index (χ1n) is 4.67. The summed E-state index contributed by atoms with van der Waals surface area (Å²) in [7, 11) is 0. The number of carbonyl (C=O) groups excluding carboxylic acids is 1. The molecule has 15 heavy (non-hydrogen) atoms. The molecule has 0 aliphatic carbocycles. The summed E-state index contributed by atoms with van der Waals surface area (Å²) in [6, 6.07) is 7.15. The molecule has 2 N–H and O–H groups in total. The number of esters is 1. The van der Waals surface area contributed by atoms with Gasteiger partial charge >= 0.3 is 5.97 Å². The van der Waals surface area contributed by atoms with E-state index in [1.807, 2.05) is 19.1 Å². The largest absolute Gasteiger partial charge is 0.462 e. The van der Waals surface area contributed by atoms with Crippen molar-refractivity contribution in [2.45, 2.75) is 19.9 Å². The fraction of sp³-hybridized carbons (Fsp3) is 0.364. The molecule has 0 radical (unpaired) electrons. The van der Waals surface area contributed by atoms with Crippen LogP contribution in [0.4, 0.5) is 0 Å². The second-order valence-corrected chi connectivity index (χ2v) is 3.13. The lowest BCUT2D eigenvalue weighted by atomic mass is 10.1. The Balaban J connectivity index is 0.00000196. The van der Waals surface area contributed by atoms with Gasteiger partial charge in [0, 0.05) is 6.04 Å². The third-order valence-electron chi connectivity index (χ3n) is 1.95. The van der Waals surface area contributed by atoms with Crippen molar-refractivity contribution in [1.82, 2.24) is 0 Å². The van der Waals surface area contributed by atoms with Gasteiger partial charge in [0.2, 0.25) is 0 Å². The van der Waals surface area contributed by atoms with Crippen LogP contribution in [0, 0.1) is 0 Å². The van der Waals surface area contributed by atoms with Crippen molar-refractivity contribution in [3.8, 4) is 0 Å². The highest BCUT2D eigenvalue weighted by molar-refractivity contribution is 5.89. The topological polar surface area (TPSA) is 52.3 Å². The zero-order chi connectivity index (χ0) is 10.6. The first-order chi connectivity index (χ1) is 6.65. The maximum Gasteiger partial charge on any atom is 0.338 e. The van der Waals surface area contributed by atoms with Crippen molar-refractivity contribution >= 4 is 18.4 Å². The van der Waals surface area contributed by atoms with E-state index in [1.54, 1.807) is 19.1 Å². The van der Waals surface area contributed by atoms with Crippen LogP contribution in [0.5, 0.6) is 0 Å². The van der Waals surface area contributed by atoms with Crippen LogP contribution in [-0.2, 0) is 4.74 Å². The highest BCUT2D eigenvalue weighted by Gasteiger charge is 2.06. The summed E-state index contributed by atoms with van der Waals surface area (Å²) in [4.78, 5) is 11.3. The molecule has 1 aromatic carbocycles. The summed E-state index contributed by atoms with van der Waals surface area (Å²) in [6.07, 6.45) is 0. The molecule has 0 bridgehead atoms. The molecule has 0 unspecified atom stereocenters. The SMILES string of the molecule is CCOC(=O)c1ccc([C@@H](C)N)cc1.Cl. The molecule has 0 aromatic heterocycles. The van der Waals surface area contributed by atoms with E-state index in [-0.39, 0.29) is 24.4 Å². The Hall–Kier alpha value is -1.06. The number of halogens is 1. The minimum absolute atomic E-state index is 0. The lowest BCUT2D eigenvalue weighted by Crippen LogP contribution is -2.07. The number of hydrogen-bond acceptors (Lipinski definition) is 3. The van der Waals surface area contributed by atoms with E-state index in [2.05, 4.69) is 0 Å². The first kappa shape index (κ1) is 13.9. The van der Waals surface area contributed by atoms with Gasteiger partial charge in [-0.1, -0.05) is 12.1 Å². The molecule has 1 aromatic rings. The molecule has 3 nitrogen and oxygen atoms in total. The quantitative estimate of drug-likeness (QED) is 0.810. The van der Waals surface area contributed by atoms with Crippen LogP contribution < -0.4 is 5.73 Å². The van der Waals surface area contributed by atoms with Crippen molar-refractivity contribution in [3.05, 3.63) is 35.4 Å². The van der Waals surface area contributed by atoms with Crippen molar-refractivity contribution in [2.75, 3.05) is 6.61 Å². The van der Waals surface area contributed by atoms with Crippen molar-refractivity contribution in [3.63, 3.8) is 0 Å². The van der Waals surface area contributed by atoms with Gasteiger partial charge < -0.3 is 10.5 Å². The number of benzene rings is 1. The Labute approximate surface area is 96.0 Å². The number of hydrogen-bond donors (Lipinski definition) is 1. The smallest absolute Gasteiger partial charge is 0.338 e. The van der Waals surface area contributed by atoms with Gasteiger partial charge in [0.05, 0.1) is 12.2 Å². The molecular formula is C11H16ClNO2. The third-order valence-corrected chi connectivity index (χ3v) is 1.95. The molecule has 0 amide bonds. The predicted octanol–water partition coefficient (Wildman–Crippen LogP) is 2.30. The third kappa shape index (κ3) is 3.90. The monoisotopic (exact) mass is 229 g/mol. The van der Waals surface area contributed by atoms with E-state index >= 15 is 0 Å². The van der Waals surface area contributed by atoms with Crippen LogP contribution in [0.15, 0.2) is 24.3 Å². The molecule has 1 atom stereocenters. The highest BCUT2D eigenvalue weighted by Crippen LogP contribution is 2.11. The maximum atomic E-state index is 11.3. The molecule has 0 saturated heterocycles.